The van der Waals surface area contributed by atoms with Gasteiger partial charge in [0.15, 0.2) is 0 Å². The number of ether oxygens (including phenoxy) is 1. The number of para-hydroxylation sites is 1. The third-order valence-electron chi connectivity index (χ3n) is 3.01. The minimum absolute atomic E-state index is 0.106. The lowest BCUT2D eigenvalue weighted by Gasteiger charge is -2.10. The lowest BCUT2D eigenvalue weighted by Crippen LogP contribution is -2.29. The fraction of sp³-hybridized carbons (Fsp3) is 0.250. The van der Waals surface area contributed by atoms with Gasteiger partial charge < -0.3 is 15.0 Å². The monoisotopic (exact) mass is 286 g/mol. The maximum Gasteiger partial charge on any atom is 0.260 e. The number of aromatic nitrogens is 1. The van der Waals surface area contributed by atoms with Crippen molar-refractivity contribution in [3.05, 3.63) is 63.6 Å². The summed E-state index contributed by atoms with van der Waals surface area (Å²) in [7, 11) is 0. The number of amides is 1. The van der Waals surface area contributed by atoms with Crippen LogP contribution in [-0.2, 0) is 6.54 Å². The zero-order chi connectivity index (χ0) is 15.2. The van der Waals surface area contributed by atoms with Crippen LogP contribution >= 0.6 is 0 Å². The second kappa shape index (κ2) is 6.74. The molecule has 0 fully saturated rings. The number of aryl methyl sites for hydroxylation is 1. The van der Waals surface area contributed by atoms with Gasteiger partial charge in [-0.2, -0.15) is 0 Å². The van der Waals surface area contributed by atoms with Gasteiger partial charge in [0, 0.05) is 17.8 Å². The summed E-state index contributed by atoms with van der Waals surface area (Å²) in [5, 5.41) is 2.74. The van der Waals surface area contributed by atoms with Crippen molar-refractivity contribution >= 4 is 5.91 Å². The van der Waals surface area contributed by atoms with Gasteiger partial charge in [-0.15, -0.1) is 0 Å². The normalized spacial score (nSPS) is 10.2. The smallest absolute Gasteiger partial charge is 0.260 e. The molecule has 0 aliphatic rings. The molecule has 1 aromatic heterocycles. The molecule has 5 heteroatoms. The first-order valence-electron chi connectivity index (χ1n) is 6.80. The van der Waals surface area contributed by atoms with Crippen LogP contribution in [0.5, 0.6) is 5.75 Å². The second-order valence-corrected chi connectivity index (χ2v) is 4.61. The van der Waals surface area contributed by atoms with E-state index in [2.05, 4.69) is 10.3 Å². The first-order chi connectivity index (χ1) is 10.1. The molecule has 0 saturated heterocycles. The van der Waals surface area contributed by atoms with Crippen LogP contribution in [0.15, 0.2) is 41.2 Å². The molecule has 0 spiro atoms. The number of hydrogen-bond acceptors (Lipinski definition) is 3. The van der Waals surface area contributed by atoms with E-state index in [4.69, 9.17) is 4.74 Å². The number of pyridine rings is 1. The Morgan fingerprint density at radius 1 is 1.24 bits per heavy atom. The number of aromatic amines is 1. The molecule has 0 saturated carbocycles. The van der Waals surface area contributed by atoms with Gasteiger partial charge in [0.2, 0.25) is 0 Å². The average molecular weight is 286 g/mol. The van der Waals surface area contributed by atoms with E-state index in [0.717, 1.165) is 17.0 Å². The van der Waals surface area contributed by atoms with E-state index in [1.165, 1.54) is 6.07 Å². The van der Waals surface area contributed by atoms with E-state index in [1.807, 2.05) is 31.2 Å². The fourth-order valence-corrected chi connectivity index (χ4v) is 1.97. The predicted octanol–water partition coefficient (Wildman–Crippen LogP) is 2.01. The molecule has 1 heterocycles. The lowest BCUT2D eigenvalue weighted by atomic mass is 10.2. The van der Waals surface area contributed by atoms with E-state index in [0.29, 0.717) is 13.2 Å². The Morgan fingerprint density at radius 2 is 2.00 bits per heavy atom. The summed E-state index contributed by atoms with van der Waals surface area (Å²) in [6.45, 7) is 4.54. The van der Waals surface area contributed by atoms with Crippen LogP contribution in [0, 0.1) is 6.92 Å². The molecule has 21 heavy (non-hydrogen) atoms. The molecule has 2 rings (SSSR count). The van der Waals surface area contributed by atoms with Crippen LogP contribution in [-0.4, -0.2) is 17.5 Å². The van der Waals surface area contributed by atoms with Gasteiger partial charge in [-0.1, -0.05) is 18.2 Å². The molecule has 1 aromatic carbocycles. The summed E-state index contributed by atoms with van der Waals surface area (Å²) in [5.74, 6) is 0.334. The minimum atomic E-state index is -0.400. The van der Waals surface area contributed by atoms with E-state index in [1.54, 1.807) is 13.0 Å². The molecule has 0 unspecified atom stereocenters. The zero-order valence-corrected chi connectivity index (χ0v) is 12.1. The predicted molar refractivity (Wildman–Crippen MR) is 80.6 cm³/mol. The second-order valence-electron chi connectivity index (χ2n) is 4.61. The van der Waals surface area contributed by atoms with Gasteiger partial charge in [0.25, 0.3) is 11.5 Å². The molecular weight excluding hydrogens is 268 g/mol. The number of carbonyl (C=O) groups is 1. The quantitative estimate of drug-likeness (QED) is 0.883. The standard InChI is InChI=1S/C16H18N2O3/c1-3-21-14-7-5-4-6-12(14)10-17-15(19)13-9-8-11(2)18-16(13)20/h4-9H,3,10H2,1-2H3,(H,17,19)(H,18,20). The molecule has 0 bridgehead atoms. The van der Waals surface area contributed by atoms with Crippen LogP contribution in [0.3, 0.4) is 0 Å². The first kappa shape index (κ1) is 14.8. The summed E-state index contributed by atoms with van der Waals surface area (Å²) in [6, 6.07) is 10.7. The molecule has 1 amide bonds. The highest BCUT2D eigenvalue weighted by atomic mass is 16.5. The van der Waals surface area contributed by atoms with Gasteiger partial charge in [-0.05, 0) is 32.0 Å². The fourth-order valence-electron chi connectivity index (χ4n) is 1.97. The van der Waals surface area contributed by atoms with Crippen molar-refractivity contribution in [2.24, 2.45) is 0 Å². The van der Waals surface area contributed by atoms with Crippen molar-refractivity contribution in [1.82, 2.24) is 10.3 Å². The number of nitrogens with one attached hydrogen (secondary N) is 2. The number of carbonyl (C=O) groups excluding carboxylic acids is 1. The largest absolute Gasteiger partial charge is 0.494 e. The Labute approximate surface area is 123 Å². The summed E-state index contributed by atoms with van der Waals surface area (Å²) >= 11 is 0. The molecule has 0 aliphatic carbocycles. The van der Waals surface area contributed by atoms with E-state index in [9.17, 15) is 9.59 Å². The SMILES string of the molecule is CCOc1ccccc1CNC(=O)c1ccc(C)[nH]c1=O. The number of H-pyrrole nitrogens is 1. The maximum absolute atomic E-state index is 12.0. The van der Waals surface area contributed by atoms with Gasteiger partial charge in [0.05, 0.1) is 6.61 Å². The Balaban J connectivity index is 2.09. The highest BCUT2D eigenvalue weighted by Crippen LogP contribution is 2.17. The van der Waals surface area contributed by atoms with E-state index >= 15 is 0 Å². The molecule has 0 atom stereocenters. The van der Waals surface area contributed by atoms with Crippen LogP contribution in [0.1, 0.15) is 28.5 Å². The van der Waals surface area contributed by atoms with E-state index in [-0.39, 0.29) is 11.1 Å². The zero-order valence-electron chi connectivity index (χ0n) is 12.1. The minimum Gasteiger partial charge on any atom is -0.494 e. The van der Waals surface area contributed by atoms with Crippen molar-refractivity contribution in [3.63, 3.8) is 0 Å². The van der Waals surface area contributed by atoms with Crippen molar-refractivity contribution in [2.45, 2.75) is 20.4 Å². The highest BCUT2D eigenvalue weighted by Gasteiger charge is 2.11. The Kier molecular flexibility index (Phi) is 4.77. The third kappa shape index (κ3) is 3.72. The van der Waals surface area contributed by atoms with Crippen LogP contribution < -0.4 is 15.6 Å². The van der Waals surface area contributed by atoms with Crippen LogP contribution in [0.2, 0.25) is 0 Å². The molecule has 5 nitrogen and oxygen atoms in total. The Bertz CT molecular complexity index is 692. The van der Waals surface area contributed by atoms with Crippen LogP contribution in [0.4, 0.5) is 0 Å². The number of rotatable bonds is 5. The Hall–Kier alpha value is -2.56. The number of benzene rings is 1. The van der Waals surface area contributed by atoms with Gasteiger partial charge >= 0.3 is 0 Å². The molecule has 2 N–H and O–H groups in total. The van der Waals surface area contributed by atoms with Crippen molar-refractivity contribution in [1.29, 1.82) is 0 Å². The third-order valence-corrected chi connectivity index (χ3v) is 3.01. The lowest BCUT2D eigenvalue weighted by molar-refractivity contribution is 0.0949. The first-order valence-corrected chi connectivity index (χ1v) is 6.80. The Morgan fingerprint density at radius 3 is 2.71 bits per heavy atom. The topological polar surface area (TPSA) is 71.2 Å². The average Bonchev–Trinajstić information content (AvgIpc) is 2.46. The summed E-state index contributed by atoms with van der Waals surface area (Å²) < 4.78 is 5.50. The van der Waals surface area contributed by atoms with Crippen molar-refractivity contribution in [3.8, 4) is 5.75 Å². The van der Waals surface area contributed by atoms with Crippen molar-refractivity contribution in [2.75, 3.05) is 6.61 Å². The van der Waals surface area contributed by atoms with Gasteiger partial charge in [0.1, 0.15) is 11.3 Å². The van der Waals surface area contributed by atoms with Gasteiger partial charge in [-0.25, -0.2) is 0 Å². The summed E-state index contributed by atoms with van der Waals surface area (Å²) in [5.41, 5.74) is 1.31. The summed E-state index contributed by atoms with van der Waals surface area (Å²) in [6.07, 6.45) is 0. The van der Waals surface area contributed by atoms with Gasteiger partial charge in [-0.3, -0.25) is 9.59 Å². The molecule has 0 aliphatic heterocycles. The summed E-state index contributed by atoms with van der Waals surface area (Å²) in [4.78, 5) is 26.4. The van der Waals surface area contributed by atoms with E-state index < -0.39 is 5.91 Å². The van der Waals surface area contributed by atoms with Crippen molar-refractivity contribution < 1.29 is 9.53 Å². The molecule has 110 valence electrons. The highest BCUT2D eigenvalue weighted by molar-refractivity contribution is 5.93. The van der Waals surface area contributed by atoms with Crippen LogP contribution in [0.25, 0.3) is 0 Å². The molecule has 0 radical (unpaired) electrons. The molecular formula is C16H18N2O3. The maximum atomic E-state index is 12.0. The number of hydrogen-bond donors (Lipinski definition) is 2. The molecule has 2 aromatic rings.